The van der Waals surface area contributed by atoms with E-state index in [1.54, 1.807) is 0 Å². The molecule has 0 amide bonds. The topological polar surface area (TPSA) is 43.1 Å². The van der Waals surface area contributed by atoms with E-state index >= 15 is 0 Å². The van der Waals surface area contributed by atoms with Crippen LogP contribution < -0.4 is 0 Å². The number of hydrogen-bond acceptors (Lipinski definition) is 2. The summed E-state index contributed by atoms with van der Waals surface area (Å²) in [4.78, 5) is 12.3. The number of rotatable bonds is 6. The van der Waals surface area contributed by atoms with E-state index in [2.05, 4.69) is 34.6 Å². The van der Waals surface area contributed by atoms with Gasteiger partial charge in [-0.05, 0) is 84.9 Å². The van der Waals surface area contributed by atoms with Crippen LogP contribution in [0.2, 0.25) is 0 Å². The van der Waals surface area contributed by atoms with Crippen molar-refractivity contribution in [2.75, 3.05) is 0 Å². The summed E-state index contributed by atoms with van der Waals surface area (Å²) in [5.41, 5.74) is 0.651. The van der Waals surface area contributed by atoms with Crippen LogP contribution in [0.5, 0.6) is 0 Å². The summed E-state index contributed by atoms with van der Waals surface area (Å²) >= 11 is 0. The third kappa shape index (κ3) is 3.64. The van der Waals surface area contributed by atoms with E-state index in [4.69, 9.17) is 0 Å². The molecule has 2 unspecified atom stereocenters. The number of nitrogens with zero attached hydrogens (tertiary/aromatic N) is 1. The van der Waals surface area contributed by atoms with Gasteiger partial charge in [-0.1, -0.05) is 66.7 Å². The molecule has 0 aromatic carbocycles. The molecule has 0 bridgehead atoms. The van der Waals surface area contributed by atoms with Crippen LogP contribution in [0.3, 0.4) is 0 Å². The van der Waals surface area contributed by atoms with Crippen molar-refractivity contribution in [1.29, 1.82) is 0 Å². The average Bonchev–Trinajstić information content (AvgIpc) is 3.03. The Hall–Kier alpha value is -0.600. The first-order valence-corrected chi connectivity index (χ1v) is 13.3. The standard InChI is InChI=1S/C27H47NO2/c1-18(2)9-8-10-19(3)21-12-13-22-20-17-25(28(29)30)24-11-6-7-15-26(24,4)23(20)14-16-27(21,22)5/h18-25H,6-17H2,1-5H3/t19-,20+,21-,22+,23+,24?,25?,26-,27-/m1/s1. The highest BCUT2D eigenvalue weighted by atomic mass is 16.6. The monoisotopic (exact) mass is 417 g/mol. The van der Waals surface area contributed by atoms with Crippen molar-refractivity contribution in [1.82, 2.24) is 0 Å². The molecular weight excluding hydrogens is 370 g/mol. The van der Waals surface area contributed by atoms with Crippen LogP contribution in [-0.2, 0) is 0 Å². The van der Waals surface area contributed by atoms with Crippen molar-refractivity contribution in [2.45, 2.75) is 118 Å². The molecule has 172 valence electrons. The molecule has 4 fully saturated rings. The van der Waals surface area contributed by atoms with Gasteiger partial charge < -0.3 is 0 Å². The van der Waals surface area contributed by atoms with Crippen LogP contribution in [0.1, 0.15) is 112 Å². The summed E-state index contributed by atoms with van der Waals surface area (Å²) in [6, 6.07) is -0.276. The maximum atomic E-state index is 12.1. The minimum absolute atomic E-state index is 0.136. The van der Waals surface area contributed by atoms with Gasteiger partial charge in [0.1, 0.15) is 0 Å². The van der Waals surface area contributed by atoms with Gasteiger partial charge in [0.2, 0.25) is 6.04 Å². The predicted octanol–water partition coefficient (Wildman–Crippen LogP) is 7.75. The van der Waals surface area contributed by atoms with Gasteiger partial charge in [-0.3, -0.25) is 10.1 Å². The SMILES string of the molecule is CC(C)CCC[C@@H](C)[C@H]1CC[C@H]2[C@@H]3CC([N+](=O)[O-])C4CCCC[C@]4(C)[C@H]3CC[C@]12C. The highest BCUT2D eigenvalue weighted by Gasteiger charge is 2.64. The Morgan fingerprint density at radius 3 is 2.33 bits per heavy atom. The van der Waals surface area contributed by atoms with Gasteiger partial charge >= 0.3 is 0 Å². The number of nitro groups is 1. The maximum absolute atomic E-state index is 12.1. The first-order valence-electron chi connectivity index (χ1n) is 13.3. The van der Waals surface area contributed by atoms with Crippen molar-refractivity contribution in [3.05, 3.63) is 10.1 Å². The van der Waals surface area contributed by atoms with Gasteiger partial charge in [0.15, 0.2) is 0 Å². The van der Waals surface area contributed by atoms with Gasteiger partial charge in [-0.15, -0.1) is 0 Å². The van der Waals surface area contributed by atoms with E-state index in [0.29, 0.717) is 17.3 Å². The van der Waals surface area contributed by atoms with Gasteiger partial charge in [0.25, 0.3) is 0 Å². The second kappa shape index (κ2) is 8.39. The molecule has 0 aromatic rings. The van der Waals surface area contributed by atoms with E-state index in [1.165, 1.54) is 64.2 Å². The van der Waals surface area contributed by atoms with Crippen LogP contribution in [0.4, 0.5) is 0 Å². The predicted molar refractivity (Wildman–Crippen MR) is 124 cm³/mol. The van der Waals surface area contributed by atoms with E-state index in [9.17, 15) is 10.1 Å². The smallest absolute Gasteiger partial charge is 0.216 e. The Labute approximate surface area is 185 Å². The largest absolute Gasteiger partial charge is 0.264 e. The van der Waals surface area contributed by atoms with Gasteiger partial charge in [-0.25, -0.2) is 0 Å². The molecule has 0 saturated heterocycles. The highest BCUT2D eigenvalue weighted by molar-refractivity contribution is 5.11. The van der Waals surface area contributed by atoms with Crippen molar-refractivity contribution < 1.29 is 4.92 Å². The first-order chi connectivity index (χ1) is 14.2. The summed E-state index contributed by atoms with van der Waals surface area (Å²) in [5, 5.41) is 12.1. The third-order valence-corrected chi connectivity index (χ3v) is 11.1. The zero-order valence-corrected chi connectivity index (χ0v) is 20.4. The van der Waals surface area contributed by atoms with E-state index in [-0.39, 0.29) is 16.4 Å². The fourth-order valence-electron chi connectivity index (χ4n) is 9.61. The first kappa shape index (κ1) is 22.6. The molecule has 9 atom stereocenters. The zero-order chi connectivity index (χ0) is 21.7. The van der Waals surface area contributed by atoms with Gasteiger partial charge in [0.05, 0.1) is 0 Å². The number of hydrogen-bond donors (Lipinski definition) is 0. The molecule has 3 nitrogen and oxygen atoms in total. The van der Waals surface area contributed by atoms with Crippen molar-refractivity contribution in [3.63, 3.8) is 0 Å². The minimum Gasteiger partial charge on any atom is -0.264 e. The molecule has 4 rings (SSSR count). The molecule has 0 N–H and O–H groups in total. The Kier molecular flexibility index (Phi) is 6.32. The van der Waals surface area contributed by atoms with Gasteiger partial charge in [0, 0.05) is 17.3 Å². The van der Waals surface area contributed by atoms with E-state index < -0.39 is 0 Å². The molecule has 30 heavy (non-hydrogen) atoms. The molecule has 4 aliphatic rings. The minimum atomic E-state index is -0.276. The Morgan fingerprint density at radius 2 is 1.63 bits per heavy atom. The molecule has 4 aliphatic carbocycles. The summed E-state index contributed by atoms with van der Waals surface area (Å²) < 4.78 is 0. The fraction of sp³-hybridized carbons (Fsp3) is 1.00. The Balaban J connectivity index is 1.54. The molecule has 0 heterocycles. The lowest BCUT2D eigenvalue weighted by Crippen LogP contribution is -2.58. The van der Waals surface area contributed by atoms with Crippen molar-refractivity contribution >= 4 is 0 Å². The van der Waals surface area contributed by atoms with Crippen LogP contribution in [0, 0.1) is 62.4 Å². The van der Waals surface area contributed by atoms with Crippen LogP contribution in [-0.4, -0.2) is 11.0 Å². The third-order valence-electron chi connectivity index (χ3n) is 11.1. The highest BCUT2D eigenvalue weighted by Crippen LogP contribution is 2.68. The summed E-state index contributed by atoms with van der Waals surface area (Å²) in [6.45, 7) is 12.3. The lowest BCUT2D eigenvalue weighted by molar-refractivity contribution is -0.547. The zero-order valence-electron chi connectivity index (χ0n) is 20.4. The lowest BCUT2D eigenvalue weighted by atomic mass is 9.43. The van der Waals surface area contributed by atoms with E-state index in [0.717, 1.165) is 42.4 Å². The van der Waals surface area contributed by atoms with Gasteiger partial charge in [-0.2, -0.15) is 0 Å². The molecule has 0 spiro atoms. The Morgan fingerprint density at radius 1 is 0.900 bits per heavy atom. The second-order valence-corrected chi connectivity index (χ2v) is 12.9. The fourth-order valence-corrected chi connectivity index (χ4v) is 9.61. The second-order valence-electron chi connectivity index (χ2n) is 12.9. The molecule has 3 heteroatoms. The van der Waals surface area contributed by atoms with Crippen LogP contribution in [0.15, 0.2) is 0 Å². The summed E-state index contributed by atoms with van der Waals surface area (Å²) in [6.07, 6.45) is 15.2. The molecule has 0 radical (unpaired) electrons. The van der Waals surface area contributed by atoms with Crippen LogP contribution in [0.25, 0.3) is 0 Å². The van der Waals surface area contributed by atoms with Crippen molar-refractivity contribution in [2.24, 2.45) is 52.3 Å². The summed E-state index contributed by atoms with van der Waals surface area (Å²) in [7, 11) is 0. The Bertz CT molecular complexity index is 632. The molecular formula is C27H47NO2. The normalized spacial score (nSPS) is 46.7. The molecule has 4 saturated carbocycles. The van der Waals surface area contributed by atoms with Crippen molar-refractivity contribution in [3.8, 4) is 0 Å². The lowest BCUT2D eigenvalue weighted by Gasteiger charge is -2.60. The molecule has 0 aromatic heterocycles. The molecule has 0 aliphatic heterocycles. The summed E-state index contributed by atoms with van der Waals surface area (Å²) in [5.74, 6) is 4.86. The average molecular weight is 418 g/mol. The van der Waals surface area contributed by atoms with E-state index in [1.807, 2.05) is 0 Å². The van der Waals surface area contributed by atoms with Crippen LogP contribution >= 0.6 is 0 Å². The number of fused-ring (bicyclic) bond motifs is 5. The quantitative estimate of drug-likeness (QED) is 0.327. The maximum Gasteiger partial charge on any atom is 0.216 e.